The molecule has 2 aliphatic carbocycles. The van der Waals surface area contributed by atoms with Crippen molar-refractivity contribution in [2.45, 2.75) is 77.0 Å². The second-order valence-corrected chi connectivity index (χ2v) is 9.60. The van der Waals surface area contributed by atoms with E-state index in [0.717, 1.165) is 38.5 Å². The van der Waals surface area contributed by atoms with Crippen molar-refractivity contribution in [2.24, 2.45) is 11.3 Å². The number of amides is 2. The van der Waals surface area contributed by atoms with Crippen LogP contribution in [0.4, 0.5) is 4.79 Å². The van der Waals surface area contributed by atoms with Crippen LogP contribution in [0.25, 0.3) is 0 Å². The summed E-state index contributed by atoms with van der Waals surface area (Å²) in [5, 5.41) is 16.4. The molecule has 1 aromatic heterocycles. The molecule has 35 heavy (non-hydrogen) atoms. The number of hydrogen-bond donors (Lipinski definition) is 3. The summed E-state index contributed by atoms with van der Waals surface area (Å²) < 4.78 is 11.2. The minimum absolute atomic E-state index is 0.135. The van der Waals surface area contributed by atoms with Crippen LogP contribution >= 0.6 is 0 Å². The summed E-state index contributed by atoms with van der Waals surface area (Å²) in [6, 6.07) is 1.15. The first kappa shape index (κ1) is 26.7. The lowest BCUT2D eigenvalue weighted by Crippen LogP contribution is -2.53. The smallest absolute Gasteiger partial charge is 0.407 e. The predicted octanol–water partition coefficient (Wildman–Crippen LogP) is 3.31. The molecule has 4 atom stereocenters. The van der Waals surface area contributed by atoms with Gasteiger partial charge in [-0.1, -0.05) is 50.5 Å². The van der Waals surface area contributed by atoms with Crippen molar-refractivity contribution in [3.05, 3.63) is 42.8 Å². The van der Waals surface area contributed by atoms with Gasteiger partial charge in [0.15, 0.2) is 6.10 Å². The van der Waals surface area contributed by atoms with Gasteiger partial charge in [-0.25, -0.2) is 14.8 Å². The zero-order chi connectivity index (χ0) is 25.1. The lowest BCUT2D eigenvalue weighted by atomic mass is 9.70. The standard InChI is InChI=1S/C26H38N4O5/c1-3-4-12-21(22(31)23(32)29-19(2)20-10-6-5-7-11-20)30-25(33)35-18-26(13-8-14-26)17-34-24-27-15-9-16-28-24/h5-7,9-10,15-16,19-22,31H,3-4,8,11-14,17-18H2,1-2H3,(H,29,32)(H,30,33)/t19-,20?,21+,22?/m1/s1. The van der Waals surface area contributed by atoms with Gasteiger partial charge < -0.3 is 25.2 Å². The van der Waals surface area contributed by atoms with Crippen LogP contribution < -0.4 is 15.4 Å². The Morgan fingerprint density at radius 1 is 1.20 bits per heavy atom. The van der Waals surface area contributed by atoms with Crippen LogP contribution in [-0.2, 0) is 9.53 Å². The van der Waals surface area contributed by atoms with E-state index in [4.69, 9.17) is 9.47 Å². The molecule has 0 aliphatic heterocycles. The van der Waals surface area contributed by atoms with E-state index in [0.29, 0.717) is 19.0 Å². The number of hydrogen-bond acceptors (Lipinski definition) is 7. The number of allylic oxidation sites excluding steroid dienone is 3. The molecule has 0 bridgehead atoms. The lowest BCUT2D eigenvalue weighted by Gasteiger charge is -2.40. The van der Waals surface area contributed by atoms with Crippen molar-refractivity contribution in [1.29, 1.82) is 0 Å². The Hall–Kier alpha value is -2.94. The normalized spacial score (nSPS) is 20.7. The van der Waals surface area contributed by atoms with Crippen molar-refractivity contribution in [3.8, 4) is 6.01 Å². The van der Waals surface area contributed by atoms with Gasteiger partial charge in [0.1, 0.15) is 13.2 Å². The SMILES string of the molecule is CCCC[C@H](NC(=O)OCC1(COc2ncccn2)CCC1)C(O)C(=O)N[C@H](C)C1C=CC=CC1. The maximum absolute atomic E-state index is 12.8. The minimum atomic E-state index is -1.36. The van der Waals surface area contributed by atoms with Crippen molar-refractivity contribution >= 4 is 12.0 Å². The van der Waals surface area contributed by atoms with Crippen molar-refractivity contribution in [1.82, 2.24) is 20.6 Å². The first-order valence-corrected chi connectivity index (χ1v) is 12.6. The largest absolute Gasteiger partial charge is 0.463 e. The molecule has 1 heterocycles. The highest BCUT2D eigenvalue weighted by molar-refractivity contribution is 5.82. The van der Waals surface area contributed by atoms with E-state index in [9.17, 15) is 14.7 Å². The van der Waals surface area contributed by atoms with Crippen molar-refractivity contribution in [2.75, 3.05) is 13.2 Å². The molecule has 2 amide bonds. The van der Waals surface area contributed by atoms with E-state index in [-0.39, 0.29) is 24.0 Å². The van der Waals surface area contributed by atoms with Gasteiger partial charge in [-0.15, -0.1) is 0 Å². The Balaban J connectivity index is 1.49. The van der Waals surface area contributed by atoms with Crippen LogP contribution in [0.1, 0.15) is 58.8 Å². The number of nitrogens with one attached hydrogen (secondary N) is 2. The number of aliphatic hydroxyl groups is 1. The first-order valence-electron chi connectivity index (χ1n) is 12.6. The Kier molecular flexibility index (Phi) is 10.1. The Bertz CT molecular complexity index is 872. The number of carbonyl (C=O) groups is 2. The maximum Gasteiger partial charge on any atom is 0.407 e. The van der Waals surface area contributed by atoms with Gasteiger partial charge in [-0.05, 0) is 38.7 Å². The number of aromatic nitrogens is 2. The summed E-state index contributed by atoms with van der Waals surface area (Å²) >= 11 is 0. The zero-order valence-corrected chi connectivity index (χ0v) is 20.7. The van der Waals surface area contributed by atoms with E-state index in [1.807, 2.05) is 32.1 Å². The second kappa shape index (κ2) is 13.2. The molecule has 0 aromatic carbocycles. The molecule has 9 nitrogen and oxygen atoms in total. The molecule has 2 unspecified atom stereocenters. The number of ether oxygens (including phenoxy) is 2. The number of carbonyl (C=O) groups excluding carboxylic acids is 2. The topological polar surface area (TPSA) is 123 Å². The van der Waals surface area contributed by atoms with Crippen LogP contribution in [-0.4, -0.2) is 58.5 Å². The third-order valence-corrected chi connectivity index (χ3v) is 6.82. The summed E-state index contributed by atoms with van der Waals surface area (Å²) in [5.41, 5.74) is -0.275. The van der Waals surface area contributed by atoms with Crippen molar-refractivity contribution < 1.29 is 24.2 Å². The third kappa shape index (κ3) is 8.06. The number of unbranched alkanes of at least 4 members (excludes halogenated alkanes) is 1. The Labute approximate surface area is 207 Å². The molecule has 1 fully saturated rings. The fourth-order valence-electron chi connectivity index (χ4n) is 4.30. The summed E-state index contributed by atoms with van der Waals surface area (Å²) in [5.74, 6) is -0.320. The summed E-state index contributed by atoms with van der Waals surface area (Å²) in [4.78, 5) is 33.5. The molecule has 0 spiro atoms. The van der Waals surface area contributed by atoms with Gasteiger partial charge in [-0.2, -0.15) is 0 Å². The average Bonchev–Trinajstić information content (AvgIpc) is 2.86. The number of alkyl carbamates (subject to hydrolysis) is 1. The highest BCUT2D eigenvalue weighted by atomic mass is 16.6. The fraction of sp³-hybridized carbons (Fsp3) is 0.615. The monoisotopic (exact) mass is 486 g/mol. The molecule has 0 radical (unpaired) electrons. The summed E-state index contributed by atoms with van der Waals surface area (Å²) in [6.45, 7) is 4.48. The number of aliphatic hydroxyl groups excluding tert-OH is 1. The van der Waals surface area contributed by atoms with Gasteiger partial charge in [-0.3, -0.25) is 4.79 Å². The highest BCUT2D eigenvalue weighted by Crippen LogP contribution is 2.41. The maximum atomic E-state index is 12.8. The van der Waals surface area contributed by atoms with E-state index >= 15 is 0 Å². The number of nitrogens with zero attached hydrogens (tertiary/aromatic N) is 2. The summed E-state index contributed by atoms with van der Waals surface area (Å²) in [7, 11) is 0. The molecule has 1 saturated carbocycles. The zero-order valence-electron chi connectivity index (χ0n) is 20.7. The van der Waals surface area contributed by atoms with E-state index in [1.54, 1.807) is 18.5 Å². The van der Waals surface area contributed by atoms with Gasteiger partial charge in [0.05, 0.1) is 6.04 Å². The molecule has 192 valence electrons. The first-order chi connectivity index (χ1) is 16.9. The third-order valence-electron chi connectivity index (χ3n) is 6.82. The average molecular weight is 487 g/mol. The highest BCUT2D eigenvalue weighted by Gasteiger charge is 2.40. The Morgan fingerprint density at radius 2 is 1.97 bits per heavy atom. The molecule has 2 aliphatic rings. The van der Waals surface area contributed by atoms with Gasteiger partial charge in [0.25, 0.3) is 5.91 Å². The molecule has 0 saturated heterocycles. The lowest BCUT2D eigenvalue weighted by molar-refractivity contribution is -0.131. The van der Waals surface area contributed by atoms with Gasteiger partial charge >= 0.3 is 12.1 Å². The van der Waals surface area contributed by atoms with Crippen LogP contribution in [0.2, 0.25) is 0 Å². The Morgan fingerprint density at radius 3 is 2.60 bits per heavy atom. The predicted molar refractivity (Wildman–Crippen MR) is 132 cm³/mol. The molecule has 9 heteroatoms. The van der Waals surface area contributed by atoms with E-state index in [1.165, 1.54) is 0 Å². The summed E-state index contributed by atoms with van der Waals surface area (Å²) in [6.07, 6.45) is 15.0. The molecular weight excluding hydrogens is 448 g/mol. The van der Waals surface area contributed by atoms with Crippen LogP contribution in [0, 0.1) is 11.3 Å². The van der Waals surface area contributed by atoms with Crippen molar-refractivity contribution in [3.63, 3.8) is 0 Å². The molecule has 1 aromatic rings. The number of rotatable bonds is 13. The van der Waals surface area contributed by atoms with E-state index < -0.39 is 24.1 Å². The van der Waals surface area contributed by atoms with Crippen LogP contribution in [0.3, 0.4) is 0 Å². The second-order valence-electron chi connectivity index (χ2n) is 9.60. The molecular formula is C26H38N4O5. The minimum Gasteiger partial charge on any atom is -0.463 e. The quantitative estimate of drug-likeness (QED) is 0.391. The van der Waals surface area contributed by atoms with Gasteiger partial charge in [0.2, 0.25) is 0 Å². The fourth-order valence-corrected chi connectivity index (χ4v) is 4.30. The van der Waals surface area contributed by atoms with Crippen LogP contribution in [0.15, 0.2) is 42.8 Å². The van der Waals surface area contributed by atoms with E-state index in [2.05, 4.69) is 26.7 Å². The van der Waals surface area contributed by atoms with Crippen LogP contribution in [0.5, 0.6) is 6.01 Å². The molecule has 3 rings (SSSR count). The van der Waals surface area contributed by atoms with Gasteiger partial charge in [0, 0.05) is 29.8 Å². The molecule has 3 N–H and O–H groups in total.